The number of carbonyl (C=O) groups excluding carboxylic acids is 1. The van der Waals surface area contributed by atoms with Gasteiger partial charge in [-0.25, -0.2) is 17.1 Å². The van der Waals surface area contributed by atoms with Crippen LogP contribution in [-0.2, 0) is 14.8 Å². The Hall–Kier alpha value is -2.48. The van der Waals surface area contributed by atoms with Gasteiger partial charge in [0.05, 0.1) is 27.6 Å². The molecule has 0 aliphatic carbocycles. The zero-order chi connectivity index (χ0) is 22.3. The van der Waals surface area contributed by atoms with Crippen LogP contribution in [0.2, 0.25) is 0 Å². The van der Waals surface area contributed by atoms with Gasteiger partial charge in [-0.2, -0.15) is 5.26 Å². The van der Waals surface area contributed by atoms with E-state index in [4.69, 9.17) is 14.7 Å². The number of benzene rings is 2. The second kappa shape index (κ2) is 10.5. The van der Waals surface area contributed by atoms with Gasteiger partial charge in [0, 0.05) is 26.1 Å². The summed E-state index contributed by atoms with van der Waals surface area (Å²) in [6.45, 7) is 2.15. The van der Waals surface area contributed by atoms with Crippen molar-refractivity contribution in [3.8, 4) is 17.6 Å². The van der Waals surface area contributed by atoms with E-state index in [2.05, 4.69) is 15.9 Å². The lowest BCUT2D eigenvalue weighted by molar-refractivity contribution is -0.134. The molecule has 0 aliphatic rings. The first kappa shape index (κ1) is 23.8. The molecule has 2 aromatic rings. The lowest BCUT2D eigenvalue weighted by Gasteiger charge is -2.17. The molecule has 0 saturated carbocycles. The monoisotopic (exact) mass is 498 g/mol. The third-order valence-electron chi connectivity index (χ3n) is 4.03. The van der Waals surface area contributed by atoms with Gasteiger partial charge in [-0.15, -0.1) is 0 Å². The van der Waals surface area contributed by atoms with Crippen LogP contribution < -0.4 is 9.47 Å². The quantitative estimate of drug-likeness (QED) is 0.384. The molecular weight excluding hydrogens is 479 g/mol. The van der Waals surface area contributed by atoms with E-state index in [0.717, 1.165) is 16.4 Å². The van der Waals surface area contributed by atoms with Gasteiger partial charge in [-0.1, -0.05) is 0 Å². The first-order chi connectivity index (χ1) is 14.2. The molecule has 0 spiro atoms. The Bertz CT molecular complexity index is 1050. The Morgan fingerprint density at radius 1 is 1.27 bits per heavy atom. The van der Waals surface area contributed by atoms with E-state index in [1.165, 1.54) is 31.3 Å². The van der Waals surface area contributed by atoms with Crippen LogP contribution in [0.4, 0.5) is 4.39 Å². The van der Waals surface area contributed by atoms with Gasteiger partial charge in [-0.3, -0.25) is 4.79 Å². The molecular formula is C20H20BrFN2O5S. The summed E-state index contributed by atoms with van der Waals surface area (Å²) in [6.07, 6.45) is 0.176. The van der Waals surface area contributed by atoms with E-state index in [-0.39, 0.29) is 35.8 Å². The number of hydrogen-bond donors (Lipinski definition) is 0. The maximum atomic E-state index is 13.0. The van der Waals surface area contributed by atoms with Gasteiger partial charge in [0.25, 0.3) is 0 Å². The molecule has 0 aromatic heterocycles. The molecule has 0 atom stereocenters. The van der Waals surface area contributed by atoms with Crippen molar-refractivity contribution in [2.75, 3.05) is 20.2 Å². The number of halogens is 2. The van der Waals surface area contributed by atoms with E-state index < -0.39 is 21.8 Å². The molecule has 2 rings (SSSR count). The normalized spacial score (nSPS) is 11.2. The Balaban J connectivity index is 1.98. The van der Waals surface area contributed by atoms with Crippen LogP contribution in [-0.4, -0.2) is 38.9 Å². The van der Waals surface area contributed by atoms with Crippen molar-refractivity contribution in [3.05, 3.63) is 52.3 Å². The van der Waals surface area contributed by atoms with Gasteiger partial charge >= 0.3 is 5.97 Å². The molecule has 0 amide bonds. The first-order valence-corrected chi connectivity index (χ1v) is 11.2. The average Bonchev–Trinajstić information content (AvgIpc) is 2.70. The van der Waals surface area contributed by atoms with Crippen molar-refractivity contribution in [1.29, 1.82) is 5.26 Å². The third-order valence-corrected chi connectivity index (χ3v) is 6.49. The highest BCUT2D eigenvalue weighted by molar-refractivity contribution is 9.10. The van der Waals surface area contributed by atoms with E-state index >= 15 is 0 Å². The molecule has 0 unspecified atom stereocenters. The maximum absolute atomic E-state index is 13.0. The fourth-order valence-electron chi connectivity index (χ4n) is 2.51. The van der Waals surface area contributed by atoms with Crippen LogP contribution in [0.1, 0.15) is 25.3 Å². The summed E-state index contributed by atoms with van der Waals surface area (Å²) >= 11 is 3.26. The zero-order valence-corrected chi connectivity index (χ0v) is 18.8. The minimum atomic E-state index is -3.78. The number of ether oxygens (including phenoxy) is 2. The Labute approximate surface area is 183 Å². The fraction of sp³-hybridized carbons (Fsp3) is 0.300. The topological polar surface area (TPSA) is 96.7 Å². The maximum Gasteiger partial charge on any atom is 0.311 e. The minimum Gasteiger partial charge on any atom is -0.490 e. The lowest BCUT2D eigenvalue weighted by atomic mass is 10.2. The smallest absolute Gasteiger partial charge is 0.311 e. The third kappa shape index (κ3) is 6.01. The molecule has 2 aromatic carbocycles. The molecule has 160 valence electrons. The van der Waals surface area contributed by atoms with Gasteiger partial charge in [-0.05, 0) is 59.6 Å². The number of carbonyl (C=O) groups is 1. The molecule has 0 fully saturated rings. The van der Waals surface area contributed by atoms with Crippen molar-refractivity contribution in [2.45, 2.75) is 24.7 Å². The fourth-order valence-corrected chi connectivity index (χ4v) is 4.24. The first-order valence-electron chi connectivity index (χ1n) is 8.98. The molecule has 30 heavy (non-hydrogen) atoms. The summed E-state index contributed by atoms with van der Waals surface area (Å²) < 4.78 is 50.2. The van der Waals surface area contributed by atoms with Gasteiger partial charge in [0.1, 0.15) is 5.82 Å². The summed E-state index contributed by atoms with van der Waals surface area (Å²) in [6, 6.07) is 9.49. The molecule has 7 nitrogen and oxygen atoms in total. The Morgan fingerprint density at radius 2 is 1.93 bits per heavy atom. The number of sulfonamides is 1. The van der Waals surface area contributed by atoms with Crippen molar-refractivity contribution < 1.29 is 27.1 Å². The lowest BCUT2D eigenvalue weighted by Crippen LogP contribution is -2.28. The Morgan fingerprint density at radius 3 is 2.53 bits per heavy atom. The van der Waals surface area contributed by atoms with E-state index in [1.54, 1.807) is 6.92 Å². The molecule has 0 heterocycles. The summed E-state index contributed by atoms with van der Waals surface area (Å²) in [7, 11) is -2.40. The van der Waals surface area contributed by atoms with Gasteiger partial charge in [0.2, 0.25) is 10.0 Å². The molecule has 0 radical (unpaired) electrons. The number of hydrogen-bond acceptors (Lipinski definition) is 6. The number of nitriles is 1. The van der Waals surface area contributed by atoms with Crippen LogP contribution in [0, 0.1) is 17.1 Å². The van der Waals surface area contributed by atoms with Gasteiger partial charge < -0.3 is 9.47 Å². The summed E-state index contributed by atoms with van der Waals surface area (Å²) in [5.41, 5.74) is 0.345. The van der Waals surface area contributed by atoms with Crippen LogP contribution >= 0.6 is 15.9 Å². The van der Waals surface area contributed by atoms with Crippen molar-refractivity contribution in [1.82, 2.24) is 4.31 Å². The van der Waals surface area contributed by atoms with Gasteiger partial charge in [0.15, 0.2) is 11.5 Å². The highest BCUT2D eigenvalue weighted by atomic mass is 79.9. The number of esters is 1. The highest BCUT2D eigenvalue weighted by Crippen LogP contribution is 2.37. The molecule has 10 heteroatoms. The average molecular weight is 499 g/mol. The van der Waals surface area contributed by atoms with Crippen molar-refractivity contribution in [2.24, 2.45) is 0 Å². The predicted octanol–water partition coefficient (Wildman–Crippen LogP) is 3.86. The van der Waals surface area contributed by atoms with E-state index in [0.29, 0.717) is 16.6 Å². The standard InChI is InChI=1S/C20H20BrFN2O5S/c1-3-28-18-12-14(13-23)11-17(21)20(18)29-19(25)5-4-10-24(2)30(26,27)16-8-6-15(22)7-9-16/h6-9,11-12H,3-5,10H2,1-2H3. The summed E-state index contributed by atoms with van der Waals surface area (Å²) in [4.78, 5) is 12.2. The van der Waals surface area contributed by atoms with Crippen LogP contribution in [0.5, 0.6) is 11.5 Å². The zero-order valence-electron chi connectivity index (χ0n) is 16.4. The van der Waals surface area contributed by atoms with Crippen LogP contribution in [0.15, 0.2) is 45.8 Å². The second-order valence-electron chi connectivity index (χ2n) is 6.19. The van der Waals surface area contributed by atoms with Crippen LogP contribution in [0.3, 0.4) is 0 Å². The number of rotatable bonds is 9. The van der Waals surface area contributed by atoms with Crippen molar-refractivity contribution in [3.63, 3.8) is 0 Å². The summed E-state index contributed by atoms with van der Waals surface area (Å²) in [5, 5.41) is 9.05. The van der Waals surface area contributed by atoms with Crippen LogP contribution in [0.25, 0.3) is 0 Å². The Kier molecular flexibility index (Phi) is 8.34. The number of nitrogens with zero attached hydrogens (tertiary/aromatic N) is 2. The summed E-state index contributed by atoms with van der Waals surface area (Å²) in [5.74, 6) is -0.686. The molecule has 0 saturated heterocycles. The van der Waals surface area contributed by atoms with Crippen molar-refractivity contribution >= 4 is 31.9 Å². The second-order valence-corrected chi connectivity index (χ2v) is 9.09. The highest BCUT2D eigenvalue weighted by Gasteiger charge is 2.21. The molecule has 0 aliphatic heterocycles. The molecule has 0 bridgehead atoms. The van der Waals surface area contributed by atoms with E-state index in [9.17, 15) is 17.6 Å². The molecule has 0 N–H and O–H groups in total. The SMILES string of the molecule is CCOc1cc(C#N)cc(Br)c1OC(=O)CCCN(C)S(=O)(=O)c1ccc(F)cc1. The predicted molar refractivity (Wildman–Crippen MR) is 111 cm³/mol. The largest absolute Gasteiger partial charge is 0.490 e. The minimum absolute atomic E-state index is 0.0307. The van der Waals surface area contributed by atoms with E-state index in [1.807, 2.05) is 6.07 Å².